The molecule has 0 unspecified atom stereocenters. The second-order valence-electron chi connectivity index (χ2n) is 6.39. The second kappa shape index (κ2) is 7.61. The van der Waals surface area contributed by atoms with E-state index < -0.39 is 36.2 Å². The molecule has 1 aliphatic heterocycles. The highest BCUT2D eigenvalue weighted by Gasteiger charge is 2.48. The van der Waals surface area contributed by atoms with Gasteiger partial charge in [0.15, 0.2) is 0 Å². The van der Waals surface area contributed by atoms with Crippen LogP contribution in [0, 0.1) is 5.92 Å². The number of fused-ring (bicyclic) bond motifs is 1. The van der Waals surface area contributed by atoms with Crippen molar-refractivity contribution in [1.82, 2.24) is 0 Å². The van der Waals surface area contributed by atoms with E-state index in [0.717, 1.165) is 0 Å². The molecule has 6 nitrogen and oxygen atoms in total. The number of rotatable bonds is 3. The predicted molar refractivity (Wildman–Crippen MR) is 90.3 cm³/mol. The minimum absolute atomic E-state index is 0.0819. The normalized spacial score (nSPS) is 32.1. The first-order chi connectivity index (χ1) is 11.8. The molecule has 2 rings (SSSR count). The Bertz CT molecular complexity index is 671. The van der Waals surface area contributed by atoms with Crippen molar-refractivity contribution >= 4 is 18.2 Å². The number of esters is 2. The van der Waals surface area contributed by atoms with Crippen LogP contribution >= 0.6 is 0 Å². The molecule has 0 spiro atoms. The molecule has 0 radical (unpaired) electrons. The SMILES string of the molecule is C=C(C)C(=O)O[C@H]1/C=C(/C=O)CCCC(=C)[C@H](O)[C@H]2OC(=O)C(=C)[C@@H]21. The third-order valence-corrected chi connectivity index (χ3v) is 4.43. The Morgan fingerprint density at radius 3 is 2.68 bits per heavy atom. The van der Waals surface area contributed by atoms with Crippen molar-refractivity contribution in [3.05, 3.63) is 48.1 Å². The highest BCUT2D eigenvalue weighted by atomic mass is 16.6. The number of hydrogen-bond donors (Lipinski definition) is 1. The lowest BCUT2D eigenvalue weighted by atomic mass is 9.83. The lowest BCUT2D eigenvalue weighted by Crippen LogP contribution is -2.40. The van der Waals surface area contributed by atoms with Crippen LogP contribution in [-0.4, -0.2) is 41.6 Å². The van der Waals surface area contributed by atoms with Gasteiger partial charge in [-0.2, -0.15) is 0 Å². The topological polar surface area (TPSA) is 89.9 Å². The Kier molecular flexibility index (Phi) is 5.74. The van der Waals surface area contributed by atoms with Gasteiger partial charge in [0, 0.05) is 11.1 Å². The van der Waals surface area contributed by atoms with Crippen molar-refractivity contribution < 1.29 is 29.0 Å². The van der Waals surface area contributed by atoms with Gasteiger partial charge in [0.05, 0.1) is 5.92 Å². The first kappa shape index (κ1) is 18.9. The summed E-state index contributed by atoms with van der Waals surface area (Å²) in [7, 11) is 0. The van der Waals surface area contributed by atoms with Crippen molar-refractivity contribution in [3.63, 3.8) is 0 Å². The molecular weight excluding hydrogens is 324 g/mol. The van der Waals surface area contributed by atoms with Gasteiger partial charge < -0.3 is 14.6 Å². The number of carbonyl (C=O) groups excluding carboxylic acids is 3. The molecular formula is C19H22O6. The van der Waals surface area contributed by atoms with Crippen LogP contribution in [0.4, 0.5) is 0 Å². The monoisotopic (exact) mass is 346 g/mol. The highest BCUT2D eigenvalue weighted by Crippen LogP contribution is 2.37. The van der Waals surface area contributed by atoms with E-state index in [-0.39, 0.29) is 11.1 Å². The standard InChI is InChI=1S/C19H22O6/c1-10(2)18(22)24-14-8-13(9-20)7-5-6-11(3)16(21)17-15(14)12(4)19(23)25-17/h8-9,14-17,21H,1,3-7H2,2H3/b13-8+/t14-,15+,16-,17-/m0/s1. The van der Waals surface area contributed by atoms with Crippen LogP contribution in [0.15, 0.2) is 48.1 Å². The van der Waals surface area contributed by atoms with Crippen molar-refractivity contribution in [2.75, 3.05) is 0 Å². The molecule has 0 aromatic rings. The van der Waals surface area contributed by atoms with E-state index in [0.29, 0.717) is 36.7 Å². The summed E-state index contributed by atoms with van der Waals surface area (Å²) in [6, 6.07) is 0. The quantitative estimate of drug-likeness (QED) is 0.363. The van der Waals surface area contributed by atoms with E-state index >= 15 is 0 Å². The fourth-order valence-corrected chi connectivity index (χ4v) is 2.98. The number of carbonyl (C=O) groups is 3. The minimum Gasteiger partial charge on any atom is -0.455 e. The molecule has 0 amide bonds. The molecule has 0 bridgehead atoms. The molecule has 0 saturated carbocycles. The van der Waals surface area contributed by atoms with E-state index in [4.69, 9.17) is 9.47 Å². The summed E-state index contributed by atoms with van der Waals surface area (Å²) in [5, 5.41) is 10.5. The van der Waals surface area contributed by atoms with Gasteiger partial charge in [-0.1, -0.05) is 19.7 Å². The summed E-state index contributed by atoms with van der Waals surface area (Å²) in [5.74, 6) is -2.14. The number of hydrogen-bond acceptors (Lipinski definition) is 6. The summed E-state index contributed by atoms with van der Waals surface area (Å²) < 4.78 is 10.7. The Balaban J connectivity index is 2.50. The largest absolute Gasteiger partial charge is 0.455 e. The van der Waals surface area contributed by atoms with Gasteiger partial charge in [0.1, 0.15) is 24.6 Å². The van der Waals surface area contributed by atoms with Crippen molar-refractivity contribution in [3.8, 4) is 0 Å². The molecule has 0 aromatic heterocycles. The number of allylic oxidation sites excluding steroid dienone is 1. The molecule has 25 heavy (non-hydrogen) atoms. The third kappa shape index (κ3) is 3.96. The Labute approximate surface area is 146 Å². The van der Waals surface area contributed by atoms with Gasteiger partial charge in [-0.3, -0.25) is 4.79 Å². The average Bonchev–Trinajstić information content (AvgIpc) is 2.86. The lowest BCUT2D eigenvalue weighted by molar-refractivity contribution is -0.148. The average molecular weight is 346 g/mol. The van der Waals surface area contributed by atoms with Gasteiger partial charge in [0.25, 0.3) is 0 Å². The molecule has 2 aliphatic rings. The maximum atomic E-state index is 12.0. The number of aliphatic hydroxyl groups is 1. The maximum Gasteiger partial charge on any atom is 0.334 e. The van der Waals surface area contributed by atoms with Crippen LogP contribution in [0.25, 0.3) is 0 Å². The Morgan fingerprint density at radius 1 is 1.40 bits per heavy atom. The molecule has 4 atom stereocenters. The zero-order valence-corrected chi connectivity index (χ0v) is 14.2. The molecule has 1 N–H and O–H groups in total. The van der Waals surface area contributed by atoms with E-state index in [1.165, 1.54) is 13.0 Å². The zero-order chi connectivity index (χ0) is 18.7. The molecule has 0 aromatic carbocycles. The Hall–Kier alpha value is -2.47. The fourth-order valence-electron chi connectivity index (χ4n) is 2.98. The van der Waals surface area contributed by atoms with Crippen LogP contribution in [0.2, 0.25) is 0 Å². The summed E-state index contributed by atoms with van der Waals surface area (Å²) in [5.41, 5.74) is 1.19. The fraction of sp³-hybridized carbons (Fsp3) is 0.421. The molecule has 134 valence electrons. The van der Waals surface area contributed by atoms with Gasteiger partial charge >= 0.3 is 11.9 Å². The van der Waals surface area contributed by atoms with E-state index in [9.17, 15) is 19.5 Å². The lowest BCUT2D eigenvalue weighted by Gasteiger charge is -2.30. The first-order valence-electron chi connectivity index (χ1n) is 8.04. The zero-order valence-electron chi connectivity index (χ0n) is 14.2. The van der Waals surface area contributed by atoms with Crippen LogP contribution in [0.1, 0.15) is 26.2 Å². The van der Waals surface area contributed by atoms with Crippen molar-refractivity contribution in [2.24, 2.45) is 5.92 Å². The van der Waals surface area contributed by atoms with E-state index in [1.54, 1.807) is 0 Å². The minimum atomic E-state index is -1.11. The van der Waals surface area contributed by atoms with E-state index in [2.05, 4.69) is 19.7 Å². The van der Waals surface area contributed by atoms with E-state index in [1.807, 2.05) is 0 Å². The summed E-state index contributed by atoms with van der Waals surface area (Å²) in [6.07, 6.45) is 0.646. The van der Waals surface area contributed by atoms with Crippen molar-refractivity contribution in [2.45, 2.75) is 44.5 Å². The second-order valence-corrected chi connectivity index (χ2v) is 6.39. The van der Waals surface area contributed by atoms with Crippen LogP contribution in [0.3, 0.4) is 0 Å². The molecule has 1 heterocycles. The number of ether oxygens (including phenoxy) is 2. The molecule has 1 aliphatic carbocycles. The summed E-state index contributed by atoms with van der Waals surface area (Å²) >= 11 is 0. The van der Waals surface area contributed by atoms with Gasteiger partial charge in [-0.05, 0) is 43.4 Å². The van der Waals surface area contributed by atoms with Crippen LogP contribution in [0.5, 0.6) is 0 Å². The van der Waals surface area contributed by atoms with Gasteiger partial charge in [0.2, 0.25) is 0 Å². The summed E-state index contributed by atoms with van der Waals surface area (Å²) in [6.45, 7) is 12.6. The third-order valence-electron chi connectivity index (χ3n) is 4.43. The smallest absolute Gasteiger partial charge is 0.334 e. The first-order valence-corrected chi connectivity index (χ1v) is 8.04. The number of aldehydes is 1. The van der Waals surface area contributed by atoms with Gasteiger partial charge in [-0.25, -0.2) is 9.59 Å². The van der Waals surface area contributed by atoms with Gasteiger partial charge in [-0.15, -0.1) is 0 Å². The number of aliphatic hydroxyl groups excluding tert-OH is 1. The highest BCUT2D eigenvalue weighted by molar-refractivity contribution is 5.92. The van der Waals surface area contributed by atoms with Crippen LogP contribution < -0.4 is 0 Å². The molecule has 1 saturated heterocycles. The van der Waals surface area contributed by atoms with Crippen LogP contribution in [-0.2, 0) is 23.9 Å². The molecule has 6 heteroatoms. The predicted octanol–water partition coefficient (Wildman–Crippen LogP) is 1.80. The Morgan fingerprint density at radius 2 is 2.08 bits per heavy atom. The maximum absolute atomic E-state index is 12.0. The molecule has 1 fully saturated rings. The van der Waals surface area contributed by atoms with Crippen molar-refractivity contribution in [1.29, 1.82) is 0 Å². The summed E-state index contributed by atoms with van der Waals surface area (Å²) in [4.78, 5) is 35.4.